The predicted molar refractivity (Wildman–Crippen MR) is 72.2 cm³/mol. The summed E-state index contributed by atoms with van der Waals surface area (Å²) in [7, 11) is 3.81. The SMILES string of the molecule is CN1CCC(CN(C)c2c(F)cccc2C(=O)O)C1. The molecule has 1 unspecified atom stereocenters. The van der Waals surface area contributed by atoms with E-state index in [1.807, 2.05) is 0 Å². The number of aromatic carboxylic acids is 1. The minimum absolute atomic E-state index is 0.0221. The highest BCUT2D eigenvalue weighted by Gasteiger charge is 2.24. The number of benzene rings is 1. The van der Waals surface area contributed by atoms with E-state index in [1.54, 1.807) is 11.9 Å². The van der Waals surface area contributed by atoms with Gasteiger partial charge < -0.3 is 14.9 Å². The second kappa shape index (κ2) is 5.57. The first-order valence-corrected chi connectivity index (χ1v) is 6.40. The van der Waals surface area contributed by atoms with Gasteiger partial charge in [-0.1, -0.05) is 6.07 Å². The molecule has 0 aliphatic carbocycles. The van der Waals surface area contributed by atoms with Gasteiger partial charge in [-0.25, -0.2) is 9.18 Å². The van der Waals surface area contributed by atoms with Crippen LogP contribution in [0.4, 0.5) is 10.1 Å². The Kier molecular flexibility index (Phi) is 4.04. The van der Waals surface area contributed by atoms with E-state index in [9.17, 15) is 9.18 Å². The van der Waals surface area contributed by atoms with Crippen LogP contribution in [0.1, 0.15) is 16.8 Å². The van der Waals surface area contributed by atoms with Crippen molar-refractivity contribution in [3.05, 3.63) is 29.6 Å². The number of rotatable bonds is 4. The van der Waals surface area contributed by atoms with Crippen LogP contribution in [0.15, 0.2) is 18.2 Å². The highest BCUT2D eigenvalue weighted by atomic mass is 19.1. The standard InChI is InChI=1S/C14H19FN2O2/c1-16-7-6-10(8-16)9-17(2)13-11(14(18)19)4-3-5-12(13)15/h3-5,10H,6-9H2,1-2H3,(H,18,19). The third-order valence-electron chi connectivity index (χ3n) is 3.62. The maximum Gasteiger partial charge on any atom is 0.337 e. The average molecular weight is 266 g/mol. The third kappa shape index (κ3) is 3.04. The van der Waals surface area contributed by atoms with E-state index in [4.69, 9.17) is 5.11 Å². The molecular weight excluding hydrogens is 247 g/mol. The Hall–Kier alpha value is -1.62. The fraction of sp³-hybridized carbons (Fsp3) is 0.500. The van der Waals surface area contributed by atoms with Gasteiger partial charge in [-0.3, -0.25) is 0 Å². The Balaban J connectivity index is 2.18. The van der Waals surface area contributed by atoms with E-state index in [0.717, 1.165) is 19.5 Å². The Morgan fingerprint density at radius 3 is 2.89 bits per heavy atom. The first-order chi connectivity index (χ1) is 8.99. The monoisotopic (exact) mass is 266 g/mol. The van der Waals surface area contributed by atoms with Gasteiger partial charge in [-0.15, -0.1) is 0 Å². The molecule has 1 atom stereocenters. The lowest BCUT2D eigenvalue weighted by molar-refractivity contribution is 0.0697. The Morgan fingerprint density at radius 1 is 1.58 bits per heavy atom. The van der Waals surface area contributed by atoms with Gasteiger partial charge in [0.05, 0.1) is 11.3 Å². The molecule has 5 heteroatoms. The van der Waals surface area contributed by atoms with Crippen molar-refractivity contribution in [2.45, 2.75) is 6.42 Å². The third-order valence-corrected chi connectivity index (χ3v) is 3.62. The molecule has 0 bridgehead atoms. The normalized spacial score (nSPS) is 19.6. The molecule has 1 aliphatic heterocycles. The largest absolute Gasteiger partial charge is 0.478 e. The summed E-state index contributed by atoms with van der Waals surface area (Å²) < 4.78 is 13.9. The van der Waals surface area contributed by atoms with Gasteiger partial charge in [-0.2, -0.15) is 0 Å². The lowest BCUT2D eigenvalue weighted by atomic mass is 10.1. The number of halogens is 1. The minimum Gasteiger partial charge on any atom is -0.478 e. The Bertz CT molecular complexity index is 479. The van der Waals surface area contributed by atoms with Crippen molar-refractivity contribution in [1.29, 1.82) is 0 Å². The van der Waals surface area contributed by atoms with Crippen molar-refractivity contribution >= 4 is 11.7 Å². The van der Waals surface area contributed by atoms with Gasteiger partial charge >= 0.3 is 5.97 Å². The molecule has 4 nitrogen and oxygen atoms in total. The molecule has 19 heavy (non-hydrogen) atoms. The van der Waals surface area contributed by atoms with Crippen LogP contribution in [0.5, 0.6) is 0 Å². The van der Waals surface area contributed by atoms with Gasteiger partial charge in [0.25, 0.3) is 0 Å². The fourth-order valence-corrected chi connectivity index (χ4v) is 2.73. The molecule has 0 aromatic heterocycles. The van der Waals surface area contributed by atoms with Gasteiger partial charge in [0.15, 0.2) is 0 Å². The highest BCUT2D eigenvalue weighted by molar-refractivity contribution is 5.94. The van der Waals surface area contributed by atoms with Crippen LogP contribution in [0.25, 0.3) is 0 Å². The fourth-order valence-electron chi connectivity index (χ4n) is 2.73. The van der Waals surface area contributed by atoms with Crippen LogP contribution in [0.2, 0.25) is 0 Å². The number of hydrogen-bond acceptors (Lipinski definition) is 3. The maximum absolute atomic E-state index is 13.9. The summed E-state index contributed by atoms with van der Waals surface area (Å²) in [5.74, 6) is -1.12. The lowest BCUT2D eigenvalue weighted by Crippen LogP contribution is -2.29. The number of anilines is 1. The van der Waals surface area contributed by atoms with E-state index in [0.29, 0.717) is 12.5 Å². The first-order valence-electron chi connectivity index (χ1n) is 6.40. The maximum atomic E-state index is 13.9. The Labute approximate surface area is 112 Å². The van der Waals surface area contributed by atoms with Crippen LogP contribution >= 0.6 is 0 Å². The molecule has 1 N–H and O–H groups in total. The van der Waals surface area contributed by atoms with E-state index >= 15 is 0 Å². The van der Waals surface area contributed by atoms with Crippen LogP contribution in [0, 0.1) is 11.7 Å². The molecule has 1 aromatic carbocycles. The molecule has 1 aliphatic rings. The highest BCUT2D eigenvalue weighted by Crippen LogP contribution is 2.26. The topological polar surface area (TPSA) is 43.8 Å². The van der Waals surface area contributed by atoms with Crippen LogP contribution in [-0.2, 0) is 0 Å². The smallest absolute Gasteiger partial charge is 0.337 e. The summed E-state index contributed by atoms with van der Waals surface area (Å²) in [5, 5.41) is 9.14. The Morgan fingerprint density at radius 2 is 2.32 bits per heavy atom. The van der Waals surface area contributed by atoms with Crippen LogP contribution in [0.3, 0.4) is 0 Å². The minimum atomic E-state index is -1.09. The van der Waals surface area contributed by atoms with Crippen LogP contribution in [-0.4, -0.2) is 49.7 Å². The molecule has 0 radical (unpaired) electrons. The quantitative estimate of drug-likeness (QED) is 0.904. The van der Waals surface area contributed by atoms with Crippen molar-refractivity contribution in [3.8, 4) is 0 Å². The van der Waals surface area contributed by atoms with Crippen molar-refractivity contribution in [3.63, 3.8) is 0 Å². The molecule has 2 rings (SSSR count). The first kappa shape index (κ1) is 13.8. The summed E-state index contributed by atoms with van der Waals surface area (Å²) >= 11 is 0. The summed E-state index contributed by atoms with van der Waals surface area (Å²) in [5.41, 5.74) is 0.207. The van der Waals surface area contributed by atoms with E-state index < -0.39 is 11.8 Å². The van der Waals surface area contributed by atoms with Crippen molar-refractivity contribution in [1.82, 2.24) is 4.90 Å². The zero-order valence-corrected chi connectivity index (χ0v) is 11.3. The number of hydrogen-bond donors (Lipinski definition) is 1. The second-order valence-electron chi connectivity index (χ2n) is 5.24. The van der Waals surface area contributed by atoms with Gasteiger partial charge in [0.2, 0.25) is 0 Å². The number of likely N-dealkylation sites (tertiary alicyclic amines) is 1. The average Bonchev–Trinajstić information content (AvgIpc) is 2.74. The molecule has 1 aromatic rings. The number of carboxylic acid groups (broad SMARTS) is 1. The summed E-state index contributed by atoms with van der Waals surface area (Å²) in [6.45, 7) is 2.69. The molecule has 1 heterocycles. The van der Waals surface area contributed by atoms with Crippen molar-refractivity contribution in [2.24, 2.45) is 5.92 Å². The number of carbonyl (C=O) groups is 1. The zero-order chi connectivity index (χ0) is 14.0. The molecule has 0 saturated carbocycles. The number of carboxylic acids is 1. The van der Waals surface area contributed by atoms with Gasteiger partial charge in [0, 0.05) is 20.1 Å². The van der Waals surface area contributed by atoms with Crippen molar-refractivity contribution in [2.75, 3.05) is 38.6 Å². The predicted octanol–water partition coefficient (Wildman–Crippen LogP) is 1.91. The summed E-state index contributed by atoms with van der Waals surface area (Å²) in [6.07, 6.45) is 1.07. The lowest BCUT2D eigenvalue weighted by Gasteiger charge is -2.25. The van der Waals surface area contributed by atoms with Crippen molar-refractivity contribution < 1.29 is 14.3 Å². The summed E-state index contributed by atoms with van der Waals surface area (Å²) in [4.78, 5) is 15.1. The number of nitrogens with zero attached hydrogens (tertiary/aromatic N) is 2. The van der Waals surface area contributed by atoms with Gasteiger partial charge in [-0.05, 0) is 38.1 Å². The number of para-hydroxylation sites is 1. The molecule has 1 fully saturated rings. The summed E-state index contributed by atoms with van der Waals surface area (Å²) in [6, 6.07) is 4.18. The van der Waals surface area contributed by atoms with E-state index in [1.165, 1.54) is 18.2 Å². The van der Waals surface area contributed by atoms with E-state index in [-0.39, 0.29) is 11.3 Å². The van der Waals surface area contributed by atoms with Crippen LogP contribution < -0.4 is 4.90 Å². The molecular formula is C14H19FN2O2. The molecule has 104 valence electrons. The zero-order valence-electron chi connectivity index (χ0n) is 11.3. The molecule has 0 amide bonds. The van der Waals surface area contributed by atoms with E-state index in [2.05, 4.69) is 11.9 Å². The molecule has 1 saturated heterocycles. The molecule has 0 spiro atoms. The van der Waals surface area contributed by atoms with Gasteiger partial charge in [0.1, 0.15) is 5.82 Å². The second-order valence-corrected chi connectivity index (χ2v) is 5.24.